The summed E-state index contributed by atoms with van der Waals surface area (Å²) in [6.45, 7) is 2.10. The standard InChI is InChI=1S/C14H18N2O4S/c1-3-4-9-15(2)13(17)10-16-14(18)11-7-5-6-8-12(11)21(16,19)20/h5-8H,3-4,9-10H2,1-2H3. The van der Waals surface area contributed by atoms with E-state index in [9.17, 15) is 18.0 Å². The van der Waals surface area contributed by atoms with Gasteiger partial charge in [-0.1, -0.05) is 25.5 Å². The normalized spacial score (nSPS) is 15.9. The first-order chi connectivity index (χ1) is 9.89. The Kier molecular flexibility index (Phi) is 4.32. The summed E-state index contributed by atoms with van der Waals surface area (Å²) in [6.07, 6.45) is 1.77. The van der Waals surface area contributed by atoms with E-state index < -0.39 is 22.5 Å². The van der Waals surface area contributed by atoms with Gasteiger partial charge >= 0.3 is 0 Å². The van der Waals surface area contributed by atoms with Gasteiger partial charge in [-0.15, -0.1) is 0 Å². The molecule has 114 valence electrons. The van der Waals surface area contributed by atoms with E-state index in [0.29, 0.717) is 10.8 Å². The summed E-state index contributed by atoms with van der Waals surface area (Å²) in [4.78, 5) is 25.6. The molecule has 0 spiro atoms. The zero-order valence-corrected chi connectivity index (χ0v) is 12.9. The fourth-order valence-corrected chi connectivity index (χ4v) is 3.67. The van der Waals surface area contributed by atoms with Crippen molar-refractivity contribution in [2.24, 2.45) is 0 Å². The molecule has 6 nitrogen and oxygen atoms in total. The van der Waals surface area contributed by atoms with Gasteiger partial charge in [0.15, 0.2) is 0 Å². The third-order valence-electron chi connectivity index (χ3n) is 3.46. The molecule has 0 aliphatic carbocycles. The minimum Gasteiger partial charge on any atom is -0.344 e. The molecule has 0 N–H and O–H groups in total. The Balaban J connectivity index is 2.20. The van der Waals surface area contributed by atoms with Gasteiger partial charge in [-0.05, 0) is 18.6 Å². The molecule has 0 fully saturated rings. The van der Waals surface area contributed by atoms with Gasteiger partial charge in [0.2, 0.25) is 5.91 Å². The molecule has 7 heteroatoms. The van der Waals surface area contributed by atoms with E-state index in [4.69, 9.17) is 0 Å². The molecule has 1 aromatic carbocycles. The number of sulfonamides is 1. The maximum Gasteiger partial charge on any atom is 0.269 e. The molecule has 1 aliphatic heterocycles. The van der Waals surface area contributed by atoms with Crippen molar-refractivity contribution in [3.05, 3.63) is 29.8 Å². The quantitative estimate of drug-likeness (QED) is 0.816. The monoisotopic (exact) mass is 310 g/mol. The Hall–Kier alpha value is -1.89. The van der Waals surface area contributed by atoms with Gasteiger partial charge in [0.05, 0.1) is 5.56 Å². The molecule has 0 saturated carbocycles. The third-order valence-corrected chi connectivity index (χ3v) is 5.25. The average Bonchev–Trinajstić information content (AvgIpc) is 2.66. The predicted molar refractivity (Wildman–Crippen MR) is 77.2 cm³/mol. The molecule has 0 aromatic heterocycles. The Morgan fingerprint density at radius 3 is 2.57 bits per heavy atom. The van der Waals surface area contributed by atoms with Crippen molar-refractivity contribution in [2.75, 3.05) is 20.1 Å². The number of carbonyl (C=O) groups excluding carboxylic acids is 2. The highest BCUT2D eigenvalue weighted by Gasteiger charge is 2.42. The highest BCUT2D eigenvalue weighted by Crippen LogP contribution is 2.29. The van der Waals surface area contributed by atoms with Crippen LogP contribution in [-0.2, 0) is 14.8 Å². The van der Waals surface area contributed by atoms with Crippen LogP contribution in [0.25, 0.3) is 0 Å². The zero-order chi connectivity index (χ0) is 15.6. The molecule has 0 radical (unpaired) electrons. The van der Waals surface area contributed by atoms with Crippen molar-refractivity contribution < 1.29 is 18.0 Å². The number of carbonyl (C=O) groups is 2. The summed E-state index contributed by atoms with van der Waals surface area (Å²) in [5.74, 6) is -1.02. The van der Waals surface area contributed by atoms with Gasteiger partial charge in [-0.3, -0.25) is 9.59 Å². The zero-order valence-electron chi connectivity index (χ0n) is 12.1. The van der Waals surface area contributed by atoms with Crippen molar-refractivity contribution in [1.29, 1.82) is 0 Å². The lowest BCUT2D eigenvalue weighted by Gasteiger charge is -2.20. The minimum absolute atomic E-state index is 0.0287. The molecular weight excluding hydrogens is 292 g/mol. The van der Waals surface area contributed by atoms with Crippen LogP contribution in [0.3, 0.4) is 0 Å². The van der Waals surface area contributed by atoms with Crippen molar-refractivity contribution >= 4 is 21.8 Å². The smallest absolute Gasteiger partial charge is 0.269 e. The predicted octanol–water partition coefficient (Wildman–Crippen LogP) is 1.09. The summed E-state index contributed by atoms with van der Waals surface area (Å²) in [5, 5.41) is 0. The SMILES string of the molecule is CCCCN(C)C(=O)CN1C(=O)c2ccccc2S1(=O)=O. The second-order valence-corrected chi connectivity index (χ2v) is 6.81. The van der Waals surface area contributed by atoms with Crippen LogP contribution in [0.2, 0.25) is 0 Å². The summed E-state index contributed by atoms with van der Waals surface area (Å²) in [5.41, 5.74) is 0.126. The molecule has 0 unspecified atom stereocenters. The van der Waals surface area contributed by atoms with Crippen LogP contribution in [0, 0.1) is 0 Å². The largest absolute Gasteiger partial charge is 0.344 e. The first kappa shape index (κ1) is 15.5. The van der Waals surface area contributed by atoms with Gasteiger partial charge in [0, 0.05) is 13.6 Å². The Morgan fingerprint density at radius 1 is 1.29 bits per heavy atom. The van der Waals surface area contributed by atoms with E-state index in [1.165, 1.54) is 17.0 Å². The van der Waals surface area contributed by atoms with Crippen molar-refractivity contribution in [1.82, 2.24) is 9.21 Å². The Morgan fingerprint density at radius 2 is 1.95 bits per heavy atom. The number of unbranched alkanes of at least 4 members (excludes halogenated alkanes) is 1. The molecule has 1 heterocycles. The van der Waals surface area contributed by atoms with Crippen LogP contribution < -0.4 is 0 Å². The molecular formula is C14H18N2O4S. The molecule has 21 heavy (non-hydrogen) atoms. The number of hydrogen-bond acceptors (Lipinski definition) is 4. The summed E-state index contributed by atoms with van der Waals surface area (Å²) >= 11 is 0. The molecule has 1 aromatic rings. The van der Waals surface area contributed by atoms with Gasteiger partial charge in [0.25, 0.3) is 15.9 Å². The lowest BCUT2D eigenvalue weighted by molar-refractivity contribution is -0.129. The van der Waals surface area contributed by atoms with Crippen LogP contribution in [-0.4, -0.2) is 49.6 Å². The van der Waals surface area contributed by atoms with Gasteiger partial charge in [-0.25, -0.2) is 12.7 Å². The Bertz CT molecular complexity index is 669. The van der Waals surface area contributed by atoms with Crippen molar-refractivity contribution in [2.45, 2.75) is 24.7 Å². The van der Waals surface area contributed by atoms with Crippen LogP contribution in [0.4, 0.5) is 0 Å². The summed E-state index contributed by atoms with van der Waals surface area (Å²) < 4.78 is 25.3. The lowest BCUT2D eigenvalue weighted by Crippen LogP contribution is -2.41. The van der Waals surface area contributed by atoms with Crippen LogP contribution >= 0.6 is 0 Å². The van der Waals surface area contributed by atoms with Crippen molar-refractivity contribution in [3.8, 4) is 0 Å². The second-order valence-electron chi connectivity index (χ2n) is 4.98. The second kappa shape index (κ2) is 5.85. The third kappa shape index (κ3) is 2.78. The van der Waals surface area contributed by atoms with Gasteiger partial charge in [0.1, 0.15) is 11.4 Å². The van der Waals surface area contributed by atoms with Crippen LogP contribution in [0.5, 0.6) is 0 Å². The molecule has 0 saturated heterocycles. The first-order valence-corrected chi connectivity index (χ1v) is 8.23. The van der Waals surface area contributed by atoms with Crippen molar-refractivity contribution in [3.63, 3.8) is 0 Å². The fraction of sp³-hybridized carbons (Fsp3) is 0.429. The molecule has 2 rings (SSSR count). The van der Waals surface area contributed by atoms with E-state index in [1.807, 2.05) is 6.92 Å². The number of likely N-dealkylation sites (N-methyl/N-ethyl adjacent to an activating group) is 1. The molecule has 0 bridgehead atoms. The van der Waals surface area contributed by atoms with E-state index in [2.05, 4.69) is 0 Å². The van der Waals surface area contributed by atoms with E-state index in [1.54, 1.807) is 19.2 Å². The maximum atomic E-state index is 12.3. The number of amides is 2. The van der Waals surface area contributed by atoms with E-state index in [-0.39, 0.29) is 16.4 Å². The molecule has 2 amide bonds. The first-order valence-electron chi connectivity index (χ1n) is 6.79. The minimum atomic E-state index is -3.91. The number of nitrogens with zero attached hydrogens (tertiary/aromatic N) is 2. The maximum absolute atomic E-state index is 12.3. The van der Waals surface area contributed by atoms with E-state index in [0.717, 1.165) is 12.8 Å². The topological polar surface area (TPSA) is 74.8 Å². The number of fused-ring (bicyclic) bond motifs is 1. The fourth-order valence-electron chi connectivity index (χ4n) is 2.15. The molecule has 1 aliphatic rings. The Labute approximate surface area is 124 Å². The lowest BCUT2D eigenvalue weighted by atomic mass is 10.2. The summed E-state index contributed by atoms with van der Waals surface area (Å²) in [6, 6.07) is 6.00. The number of hydrogen-bond donors (Lipinski definition) is 0. The number of benzene rings is 1. The van der Waals surface area contributed by atoms with Crippen LogP contribution in [0.1, 0.15) is 30.1 Å². The average molecular weight is 310 g/mol. The highest BCUT2D eigenvalue weighted by atomic mass is 32.2. The van der Waals surface area contributed by atoms with Crippen LogP contribution in [0.15, 0.2) is 29.2 Å². The highest BCUT2D eigenvalue weighted by molar-refractivity contribution is 7.90. The van der Waals surface area contributed by atoms with Gasteiger partial charge < -0.3 is 4.90 Å². The van der Waals surface area contributed by atoms with E-state index >= 15 is 0 Å². The number of rotatable bonds is 5. The van der Waals surface area contributed by atoms with Gasteiger partial charge in [-0.2, -0.15) is 0 Å². The summed E-state index contributed by atoms with van der Waals surface area (Å²) in [7, 11) is -2.30. The molecule has 0 atom stereocenters.